The minimum atomic E-state index is -1.25. The molecule has 1 unspecified atom stereocenters. The fourth-order valence-electron chi connectivity index (χ4n) is 2.34. The standard InChI is InChI=1S/C16H16O4/c1-20-16(19)13(10-15(17)18)9-12-7-4-6-11-5-2-3-8-14(11)12/h2-8,13H,9-10H2,1H3,(H,17,18)/p-1. The number of esters is 1. The average Bonchev–Trinajstić information content (AvgIpc) is 2.45. The van der Waals surface area contributed by atoms with Crippen LogP contribution in [-0.2, 0) is 20.7 Å². The maximum absolute atomic E-state index is 11.7. The number of ether oxygens (including phenoxy) is 1. The van der Waals surface area contributed by atoms with Gasteiger partial charge in [0, 0.05) is 12.4 Å². The number of rotatable bonds is 5. The van der Waals surface area contributed by atoms with Gasteiger partial charge in [-0.05, 0) is 22.8 Å². The summed E-state index contributed by atoms with van der Waals surface area (Å²) in [4.78, 5) is 22.4. The summed E-state index contributed by atoms with van der Waals surface area (Å²) in [6, 6.07) is 13.6. The van der Waals surface area contributed by atoms with Crippen LogP contribution in [0.25, 0.3) is 10.8 Å². The number of carboxylic acids is 1. The molecule has 0 heterocycles. The second-order valence-corrected chi connectivity index (χ2v) is 4.64. The van der Waals surface area contributed by atoms with Crippen LogP contribution in [0, 0.1) is 5.92 Å². The minimum Gasteiger partial charge on any atom is -0.550 e. The molecule has 20 heavy (non-hydrogen) atoms. The molecule has 0 saturated heterocycles. The van der Waals surface area contributed by atoms with Crippen LogP contribution in [0.1, 0.15) is 12.0 Å². The van der Waals surface area contributed by atoms with Crippen LogP contribution >= 0.6 is 0 Å². The van der Waals surface area contributed by atoms with Crippen molar-refractivity contribution >= 4 is 22.7 Å². The Morgan fingerprint density at radius 1 is 1.15 bits per heavy atom. The Hall–Kier alpha value is -2.36. The van der Waals surface area contributed by atoms with Crippen LogP contribution in [0.5, 0.6) is 0 Å². The van der Waals surface area contributed by atoms with Gasteiger partial charge in [0.05, 0.1) is 13.0 Å². The summed E-state index contributed by atoms with van der Waals surface area (Å²) < 4.78 is 4.67. The number of methoxy groups -OCH3 is 1. The number of carbonyl (C=O) groups is 2. The first-order valence-corrected chi connectivity index (χ1v) is 6.36. The van der Waals surface area contributed by atoms with Gasteiger partial charge in [-0.1, -0.05) is 42.5 Å². The van der Waals surface area contributed by atoms with Gasteiger partial charge < -0.3 is 14.6 Å². The summed E-state index contributed by atoms with van der Waals surface area (Å²) in [6.45, 7) is 0. The van der Waals surface area contributed by atoms with Gasteiger partial charge in [-0.3, -0.25) is 4.79 Å². The van der Waals surface area contributed by atoms with Crippen LogP contribution in [0.4, 0.5) is 0 Å². The summed E-state index contributed by atoms with van der Waals surface area (Å²) in [5.74, 6) is -2.50. The van der Waals surface area contributed by atoms with Crippen molar-refractivity contribution in [3.8, 4) is 0 Å². The van der Waals surface area contributed by atoms with Crippen molar-refractivity contribution in [2.45, 2.75) is 12.8 Å². The van der Waals surface area contributed by atoms with Crippen molar-refractivity contribution in [1.82, 2.24) is 0 Å². The molecule has 0 aliphatic heterocycles. The van der Waals surface area contributed by atoms with Crippen molar-refractivity contribution < 1.29 is 19.4 Å². The average molecular weight is 271 g/mol. The van der Waals surface area contributed by atoms with Crippen molar-refractivity contribution in [2.75, 3.05) is 7.11 Å². The van der Waals surface area contributed by atoms with Crippen LogP contribution in [0.3, 0.4) is 0 Å². The fourth-order valence-corrected chi connectivity index (χ4v) is 2.34. The van der Waals surface area contributed by atoms with Crippen LogP contribution < -0.4 is 5.11 Å². The minimum absolute atomic E-state index is 0.321. The highest BCUT2D eigenvalue weighted by Crippen LogP contribution is 2.22. The second-order valence-electron chi connectivity index (χ2n) is 4.64. The van der Waals surface area contributed by atoms with Gasteiger partial charge in [-0.2, -0.15) is 0 Å². The van der Waals surface area contributed by atoms with E-state index in [-0.39, 0.29) is 6.42 Å². The zero-order chi connectivity index (χ0) is 14.5. The predicted molar refractivity (Wildman–Crippen MR) is 72.8 cm³/mol. The van der Waals surface area contributed by atoms with E-state index in [1.54, 1.807) is 0 Å². The molecule has 0 spiro atoms. The molecular formula is C16H15O4-. The van der Waals surface area contributed by atoms with Gasteiger partial charge in [-0.15, -0.1) is 0 Å². The lowest BCUT2D eigenvalue weighted by molar-refractivity contribution is -0.306. The van der Waals surface area contributed by atoms with Gasteiger partial charge >= 0.3 is 5.97 Å². The number of hydrogen-bond acceptors (Lipinski definition) is 4. The number of fused-ring (bicyclic) bond motifs is 1. The number of aliphatic carboxylic acids is 1. The van der Waals surface area contributed by atoms with E-state index in [4.69, 9.17) is 0 Å². The Bertz CT molecular complexity index is 628. The SMILES string of the molecule is COC(=O)C(CC(=O)[O-])Cc1cccc2ccccc12. The molecule has 0 radical (unpaired) electrons. The maximum Gasteiger partial charge on any atom is 0.309 e. The van der Waals surface area contributed by atoms with Crippen LogP contribution in [-0.4, -0.2) is 19.0 Å². The molecule has 1 atom stereocenters. The summed E-state index contributed by atoms with van der Waals surface area (Å²) in [5.41, 5.74) is 0.930. The largest absolute Gasteiger partial charge is 0.550 e. The molecule has 0 N–H and O–H groups in total. The lowest BCUT2D eigenvalue weighted by Gasteiger charge is -2.16. The fraction of sp³-hybridized carbons (Fsp3) is 0.250. The number of benzene rings is 2. The Morgan fingerprint density at radius 3 is 2.55 bits per heavy atom. The molecular weight excluding hydrogens is 256 g/mol. The number of hydrogen-bond donors (Lipinski definition) is 0. The predicted octanol–water partition coefficient (Wildman–Crippen LogP) is 1.31. The van der Waals surface area contributed by atoms with E-state index in [1.165, 1.54) is 7.11 Å². The third-order valence-corrected chi connectivity index (χ3v) is 3.29. The molecule has 2 aromatic carbocycles. The van der Waals surface area contributed by atoms with Gasteiger partial charge in [-0.25, -0.2) is 0 Å². The van der Waals surface area contributed by atoms with Gasteiger partial charge in [0.2, 0.25) is 0 Å². The van der Waals surface area contributed by atoms with E-state index in [9.17, 15) is 14.7 Å². The van der Waals surface area contributed by atoms with E-state index in [2.05, 4.69) is 4.74 Å². The van der Waals surface area contributed by atoms with Gasteiger partial charge in [0.25, 0.3) is 0 Å². The topological polar surface area (TPSA) is 66.4 Å². The highest BCUT2D eigenvalue weighted by molar-refractivity contribution is 5.86. The molecule has 0 saturated carbocycles. The molecule has 0 amide bonds. The van der Waals surface area contributed by atoms with Crippen molar-refractivity contribution in [3.63, 3.8) is 0 Å². The number of carboxylic acid groups (broad SMARTS) is 1. The molecule has 4 nitrogen and oxygen atoms in total. The first-order valence-electron chi connectivity index (χ1n) is 6.36. The Morgan fingerprint density at radius 2 is 1.85 bits per heavy atom. The third-order valence-electron chi connectivity index (χ3n) is 3.29. The monoisotopic (exact) mass is 271 g/mol. The Labute approximate surface area is 117 Å². The smallest absolute Gasteiger partial charge is 0.309 e. The lowest BCUT2D eigenvalue weighted by atomic mass is 9.93. The Kier molecular flexibility index (Phi) is 4.35. The van der Waals surface area contributed by atoms with E-state index < -0.39 is 17.9 Å². The van der Waals surface area contributed by atoms with E-state index in [0.29, 0.717) is 6.42 Å². The van der Waals surface area contributed by atoms with Crippen LogP contribution in [0.15, 0.2) is 42.5 Å². The Balaban J connectivity index is 2.33. The van der Waals surface area contributed by atoms with E-state index in [0.717, 1.165) is 16.3 Å². The van der Waals surface area contributed by atoms with Gasteiger partial charge in [0.1, 0.15) is 0 Å². The number of carbonyl (C=O) groups excluding carboxylic acids is 2. The second kappa shape index (κ2) is 6.19. The highest BCUT2D eigenvalue weighted by atomic mass is 16.5. The maximum atomic E-state index is 11.7. The zero-order valence-electron chi connectivity index (χ0n) is 11.2. The summed E-state index contributed by atoms with van der Waals surface area (Å²) in [6.07, 6.45) is -0.0160. The van der Waals surface area contributed by atoms with E-state index in [1.807, 2.05) is 42.5 Å². The molecule has 4 heteroatoms. The quantitative estimate of drug-likeness (QED) is 0.769. The lowest BCUT2D eigenvalue weighted by Crippen LogP contribution is -2.30. The zero-order valence-corrected chi connectivity index (χ0v) is 11.2. The highest BCUT2D eigenvalue weighted by Gasteiger charge is 2.20. The summed E-state index contributed by atoms with van der Waals surface area (Å²) in [5, 5.41) is 12.8. The first kappa shape index (κ1) is 14.1. The normalized spacial score (nSPS) is 12.1. The summed E-state index contributed by atoms with van der Waals surface area (Å²) >= 11 is 0. The van der Waals surface area contributed by atoms with Crippen molar-refractivity contribution in [1.29, 1.82) is 0 Å². The molecule has 2 aromatic rings. The van der Waals surface area contributed by atoms with Crippen LogP contribution in [0.2, 0.25) is 0 Å². The molecule has 0 aliphatic rings. The first-order chi connectivity index (χ1) is 9.61. The molecule has 0 aromatic heterocycles. The molecule has 2 rings (SSSR count). The molecule has 104 valence electrons. The summed E-state index contributed by atoms with van der Waals surface area (Å²) in [7, 11) is 1.26. The molecule has 0 fully saturated rings. The van der Waals surface area contributed by atoms with Crippen molar-refractivity contribution in [2.24, 2.45) is 5.92 Å². The van der Waals surface area contributed by atoms with E-state index >= 15 is 0 Å². The van der Waals surface area contributed by atoms with Crippen molar-refractivity contribution in [3.05, 3.63) is 48.0 Å². The third kappa shape index (κ3) is 3.15. The van der Waals surface area contributed by atoms with Gasteiger partial charge in [0.15, 0.2) is 0 Å². The molecule has 0 aliphatic carbocycles. The molecule has 0 bridgehead atoms.